The molecule has 152 valence electrons. The van der Waals surface area contributed by atoms with Gasteiger partial charge in [0.2, 0.25) is 11.8 Å². The highest BCUT2D eigenvalue weighted by molar-refractivity contribution is 7.99. The minimum absolute atomic E-state index is 0.0680. The van der Waals surface area contributed by atoms with Crippen molar-refractivity contribution in [3.63, 3.8) is 0 Å². The van der Waals surface area contributed by atoms with E-state index in [1.165, 1.54) is 23.4 Å². The van der Waals surface area contributed by atoms with E-state index in [0.29, 0.717) is 17.5 Å². The molecule has 0 bridgehead atoms. The Morgan fingerprint density at radius 3 is 2.69 bits per heavy atom. The maximum Gasteiger partial charge on any atom is 0.330 e. The largest absolute Gasteiger partial charge is 0.383 e. The lowest BCUT2D eigenvalue weighted by molar-refractivity contribution is -0.115. The number of aromatic amines is 1. The molecule has 3 aromatic rings. The van der Waals surface area contributed by atoms with E-state index in [1.807, 2.05) is 30.3 Å². The molecule has 0 saturated carbocycles. The molecule has 29 heavy (non-hydrogen) atoms. The smallest absolute Gasteiger partial charge is 0.330 e. The van der Waals surface area contributed by atoms with Gasteiger partial charge in [-0.05, 0) is 5.56 Å². The number of aromatic nitrogens is 4. The third-order valence-corrected chi connectivity index (χ3v) is 5.05. The number of amides is 1. The summed E-state index contributed by atoms with van der Waals surface area (Å²) in [6.45, 7) is 1.85. The highest BCUT2D eigenvalue weighted by Gasteiger charge is 2.21. The first-order valence-electron chi connectivity index (χ1n) is 8.67. The number of anilines is 2. The fourth-order valence-corrected chi connectivity index (χ4v) is 3.45. The number of carbonyl (C=O) groups excluding carboxylic acids is 1. The number of H-pyrrole nitrogens is 1. The summed E-state index contributed by atoms with van der Waals surface area (Å²) in [5.74, 6) is 0.965. The minimum atomic E-state index is -0.716. The highest BCUT2D eigenvalue weighted by Crippen LogP contribution is 2.18. The third-order valence-electron chi connectivity index (χ3n) is 4.13. The molecule has 0 aliphatic heterocycles. The average Bonchev–Trinajstić information content (AvgIpc) is 3.10. The number of carbonyl (C=O) groups is 1. The van der Waals surface area contributed by atoms with Crippen LogP contribution in [0, 0.1) is 6.92 Å². The van der Waals surface area contributed by atoms with Gasteiger partial charge in [-0.2, -0.15) is 4.98 Å². The van der Waals surface area contributed by atoms with Crippen molar-refractivity contribution in [3.8, 4) is 0 Å². The van der Waals surface area contributed by atoms with E-state index in [0.717, 1.165) is 10.5 Å². The summed E-state index contributed by atoms with van der Waals surface area (Å²) >= 11 is 1.27. The fourth-order valence-electron chi connectivity index (χ4n) is 2.68. The molecule has 0 unspecified atom stereocenters. The maximum atomic E-state index is 12.5. The second kappa shape index (κ2) is 8.78. The molecule has 0 saturated heterocycles. The molecule has 11 heteroatoms. The molecule has 0 spiro atoms. The summed E-state index contributed by atoms with van der Waals surface area (Å²) in [7, 11) is 1.44. The van der Waals surface area contributed by atoms with Gasteiger partial charge in [0, 0.05) is 14.0 Å². The standard InChI is InChI=1S/C18H20N6O4S/c1-11-20-13(22-28-11)9-29-10-14(25)23(2)15-16(19)24(18(27)21-17(15)26)8-12-6-4-3-5-7-12/h3-7H,8-10,19H2,1-2H3,(H,21,26,27). The van der Waals surface area contributed by atoms with Crippen LogP contribution in [-0.2, 0) is 17.1 Å². The molecule has 0 atom stereocenters. The van der Waals surface area contributed by atoms with Crippen LogP contribution in [0.3, 0.4) is 0 Å². The Bertz CT molecular complexity index is 1120. The summed E-state index contributed by atoms with van der Waals surface area (Å²) in [5, 5.41) is 3.76. The second-order valence-corrected chi connectivity index (χ2v) is 7.23. The molecular weight excluding hydrogens is 396 g/mol. The van der Waals surface area contributed by atoms with Gasteiger partial charge in [0.25, 0.3) is 5.56 Å². The number of aryl methyl sites for hydroxylation is 1. The van der Waals surface area contributed by atoms with E-state index in [9.17, 15) is 14.4 Å². The number of nitrogens with zero attached hydrogens (tertiary/aromatic N) is 4. The van der Waals surface area contributed by atoms with Gasteiger partial charge in [0.15, 0.2) is 11.5 Å². The molecule has 0 aliphatic carbocycles. The topological polar surface area (TPSA) is 140 Å². The van der Waals surface area contributed by atoms with Crippen molar-refractivity contribution in [2.45, 2.75) is 19.2 Å². The van der Waals surface area contributed by atoms with Crippen LogP contribution < -0.4 is 21.9 Å². The molecule has 10 nitrogen and oxygen atoms in total. The lowest BCUT2D eigenvalue weighted by atomic mass is 10.2. The molecule has 3 N–H and O–H groups in total. The number of thioether (sulfide) groups is 1. The van der Waals surface area contributed by atoms with E-state index >= 15 is 0 Å². The lowest BCUT2D eigenvalue weighted by Crippen LogP contribution is -2.40. The number of nitrogens with one attached hydrogen (secondary N) is 1. The Kier molecular flexibility index (Phi) is 6.17. The van der Waals surface area contributed by atoms with Crippen LogP contribution in [0.4, 0.5) is 11.5 Å². The molecular formula is C18H20N6O4S. The molecule has 0 aliphatic rings. The predicted octanol–water partition coefficient (Wildman–Crippen LogP) is 0.755. The van der Waals surface area contributed by atoms with Crippen LogP contribution in [0.15, 0.2) is 44.4 Å². The van der Waals surface area contributed by atoms with E-state index in [2.05, 4.69) is 15.1 Å². The Labute approximate surface area is 169 Å². The Balaban J connectivity index is 1.77. The van der Waals surface area contributed by atoms with Crippen LogP contribution >= 0.6 is 11.8 Å². The van der Waals surface area contributed by atoms with Crippen molar-refractivity contribution < 1.29 is 9.32 Å². The number of nitrogen functional groups attached to an aromatic ring is 1. The van der Waals surface area contributed by atoms with Crippen molar-refractivity contribution in [3.05, 3.63) is 68.4 Å². The molecule has 0 fully saturated rings. The fraction of sp³-hybridized carbons (Fsp3) is 0.278. The Morgan fingerprint density at radius 2 is 2.03 bits per heavy atom. The first-order valence-corrected chi connectivity index (χ1v) is 9.82. The quantitative estimate of drug-likeness (QED) is 0.575. The minimum Gasteiger partial charge on any atom is -0.383 e. The van der Waals surface area contributed by atoms with E-state index < -0.39 is 11.2 Å². The van der Waals surface area contributed by atoms with Gasteiger partial charge in [-0.25, -0.2) is 4.79 Å². The van der Waals surface area contributed by atoms with Gasteiger partial charge in [-0.1, -0.05) is 35.5 Å². The molecule has 2 heterocycles. The van der Waals surface area contributed by atoms with Gasteiger partial charge in [0.1, 0.15) is 5.82 Å². The number of rotatable bonds is 7. The van der Waals surface area contributed by atoms with Crippen LogP contribution in [0.25, 0.3) is 0 Å². The lowest BCUT2D eigenvalue weighted by Gasteiger charge is -2.20. The highest BCUT2D eigenvalue weighted by atomic mass is 32.2. The summed E-state index contributed by atoms with van der Waals surface area (Å²) in [6, 6.07) is 9.19. The average molecular weight is 416 g/mol. The van der Waals surface area contributed by atoms with Crippen LogP contribution in [0.2, 0.25) is 0 Å². The summed E-state index contributed by atoms with van der Waals surface area (Å²) in [4.78, 5) is 44.6. The van der Waals surface area contributed by atoms with Crippen LogP contribution in [0.5, 0.6) is 0 Å². The molecule has 1 amide bonds. The van der Waals surface area contributed by atoms with Crippen molar-refractivity contribution in [1.82, 2.24) is 19.7 Å². The van der Waals surface area contributed by atoms with Crippen molar-refractivity contribution in [1.29, 1.82) is 0 Å². The first kappa shape index (κ1) is 20.4. The zero-order valence-corrected chi connectivity index (χ0v) is 16.7. The zero-order chi connectivity index (χ0) is 21.0. The molecule has 3 rings (SSSR count). The SMILES string of the molecule is Cc1nc(CSCC(=O)N(C)c2c(N)n(Cc3ccccc3)c(=O)[nH]c2=O)no1. The normalized spacial score (nSPS) is 10.8. The van der Waals surface area contributed by atoms with Gasteiger partial charge in [-0.3, -0.25) is 19.1 Å². The van der Waals surface area contributed by atoms with E-state index in [1.54, 1.807) is 6.92 Å². The van der Waals surface area contributed by atoms with Crippen LogP contribution in [-0.4, -0.2) is 38.4 Å². The van der Waals surface area contributed by atoms with Gasteiger partial charge in [-0.15, -0.1) is 11.8 Å². The van der Waals surface area contributed by atoms with Gasteiger partial charge < -0.3 is 15.2 Å². The zero-order valence-electron chi connectivity index (χ0n) is 15.9. The van der Waals surface area contributed by atoms with E-state index in [4.69, 9.17) is 10.3 Å². The summed E-state index contributed by atoms with van der Waals surface area (Å²) in [6.07, 6.45) is 0. The summed E-state index contributed by atoms with van der Waals surface area (Å²) in [5.41, 5.74) is 5.52. The first-order chi connectivity index (χ1) is 13.9. The molecule has 1 aromatic carbocycles. The molecule has 0 radical (unpaired) electrons. The van der Waals surface area contributed by atoms with Crippen molar-refractivity contribution >= 4 is 29.2 Å². The second-order valence-electron chi connectivity index (χ2n) is 6.24. The molecule has 2 aromatic heterocycles. The Hall–Kier alpha value is -3.34. The number of hydrogen-bond donors (Lipinski definition) is 2. The van der Waals surface area contributed by atoms with Crippen LogP contribution in [0.1, 0.15) is 17.3 Å². The van der Waals surface area contributed by atoms with Gasteiger partial charge >= 0.3 is 5.69 Å². The number of benzene rings is 1. The number of hydrogen-bond acceptors (Lipinski definition) is 8. The van der Waals surface area contributed by atoms with E-state index in [-0.39, 0.29) is 29.7 Å². The monoisotopic (exact) mass is 416 g/mol. The summed E-state index contributed by atoms with van der Waals surface area (Å²) < 4.78 is 6.11. The predicted molar refractivity (Wildman–Crippen MR) is 110 cm³/mol. The third kappa shape index (κ3) is 4.74. The Morgan fingerprint density at radius 1 is 1.31 bits per heavy atom. The van der Waals surface area contributed by atoms with Gasteiger partial charge in [0.05, 0.1) is 18.1 Å². The van der Waals surface area contributed by atoms with Crippen molar-refractivity contribution in [2.24, 2.45) is 0 Å². The maximum absolute atomic E-state index is 12.5. The van der Waals surface area contributed by atoms with Crippen molar-refractivity contribution in [2.75, 3.05) is 23.4 Å². The number of nitrogens with two attached hydrogens (primary N) is 1.